The number of carbonyl (C=O) groups excluding carboxylic acids is 2. The third-order valence-electron chi connectivity index (χ3n) is 5.03. The predicted molar refractivity (Wildman–Crippen MR) is 123 cm³/mol. The van der Waals surface area contributed by atoms with Crippen molar-refractivity contribution >= 4 is 29.2 Å². The van der Waals surface area contributed by atoms with Gasteiger partial charge >= 0.3 is 5.97 Å². The van der Waals surface area contributed by atoms with E-state index in [2.05, 4.69) is 20.5 Å². The number of nitrogens with one attached hydrogen (secondary N) is 1. The van der Waals surface area contributed by atoms with Crippen molar-refractivity contribution in [1.82, 2.24) is 24.5 Å². The van der Waals surface area contributed by atoms with Crippen LogP contribution in [0.25, 0.3) is 11.4 Å². The largest absolute Gasteiger partial charge is 0.455 e. The number of aromatic nitrogens is 5. The van der Waals surface area contributed by atoms with Crippen molar-refractivity contribution in [1.29, 1.82) is 0 Å². The van der Waals surface area contributed by atoms with Crippen molar-refractivity contribution in [2.45, 2.75) is 20.3 Å². The molecule has 4 aromatic rings. The van der Waals surface area contributed by atoms with Gasteiger partial charge in [-0.1, -0.05) is 29.8 Å². The van der Waals surface area contributed by atoms with Crippen LogP contribution < -0.4 is 5.32 Å². The lowest BCUT2D eigenvalue weighted by Crippen LogP contribution is -2.22. The molecule has 2 heterocycles. The van der Waals surface area contributed by atoms with Crippen LogP contribution in [0.1, 0.15) is 17.0 Å². The number of nitrogens with zero attached hydrogens (tertiary/aromatic N) is 5. The van der Waals surface area contributed by atoms with Gasteiger partial charge in [-0.3, -0.25) is 9.59 Å². The lowest BCUT2D eigenvalue weighted by molar-refractivity contribution is -0.146. The molecule has 0 aliphatic carbocycles. The molecule has 1 amide bonds. The number of rotatable bonds is 7. The third kappa shape index (κ3) is 5.09. The molecule has 1 N–H and O–H groups in total. The SMILES string of the molecule is Cc1nn(-c2ccccc2)c(C)c1CC(=O)OCC(=O)Nc1cc(Cl)ccc1-n1cncn1. The van der Waals surface area contributed by atoms with Gasteiger partial charge in [-0.15, -0.1) is 0 Å². The van der Waals surface area contributed by atoms with E-state index in [9.17, 15) is 9.59 Å². The highest BCUT2D eigenvalue weighted by Crippen LogP contribution is 2.24. The summed E-state index contributed by atoms with van der Waals surface area (Å²) >= 11 is 6.07. The number of anilines is 1. The summed E-state index contributed by atoms with van der Waals surface area (Å²) in [6.45, 7) is 3.30. The molecule has 2 aromatic carbocycles. The normalized spacial score (nSPS) is 10.8. The zero-order valence-corrected chi connectivity index (χ0v) is 18.8. The van der Waals surface area contributed by atoms with Gasteiger partial charge in [-0.2, -0.15) is 10.2 Å². The Hall–Kier alpha value is -3.98. The second-order valence-electron chi connectivity index (χ2n) is 7.28. The minimum Gasteiger partial charge on any atom is -0.455 e. The Balaban J connectivity index is 1.39. The first-order chi connectivity index (χ1) is 15.9. The first-order valence-electron chi connectivity index (χ1n) is 10.1. The Labute approximate surface area is 195 Å². The number of ether oxygens (including phenoxy) is 1. The summed E-state index contributed by atoms with van der Waals surface area (Å²) in [5.74, 6) is -1.02. The Morgan fingerprint density at radius 1 is 1.12 bits per heavy atom. The summed E-state index contributed by atoms with van der Waals surface area (Å²) in [6.07, 6.45) is 2.89. The average molecular weight is 465 g/mol. The maximum atomic E-state index is 12.4. The smallest absolute Gasteiger partial charge is 0.310 e. The molecule has 9 nitrogen and oxygen atoms in total. The molecule has 0 aliphatic heterocycles. The maximum absolute atomic E-state index is 12.4. The standard InChI is InChI=1S/C23H21ClN6O3/c1-15-19(16(2)30(28-15)18-6-4-3-5-7-18)11-23(32)33-12-22(31)27-20-10-17(24)8-9-21(20)29-14-25-13-26-29/h3-10,13-14H,11-12H2,1-2H3,(H,27,31). The summed E-state index contributed by atoms with van der Waals surface area (Å²) < 4.78 is 8.49. The number of esters is 1. The zero-order valence-electron chi connectivity index (χ0n) is 18.0. The highest BCUT2D eigenvalue weighted by molar-refractivity contribution is 6.31. The van der Waals surface area contributed by atoms with Crippen molar-refractivity contribution in [3.63, 3.8) is 0 Å². The van der Waals surface area contributed by atoms with Crippen molar-refractivity contribution < 1.29 is 14.3 Å². The summed E-state index contributed by atoms with van der Waals surface area (Å²) in [5.41, 5.74) is 4.25. The molecule has 33 heavy (non-hydrogen) atoms. The number of halogens is 1. The summed E-state index contributed by atoms with van der Waals surface area (Å²) in [5, 5.41) is 11.7. The molecule has 0 atom stereocenters. The van der Waals surface area contributed by atoms with E-state index in [-0.39, 0.29) is 6.42 Å². The fraction of sp³-hybridized carbons (Fsp3) is 0.174. The van der Waals surface area contributed by atoms with E-state index in [1.807, 2.05) is 44.2 Å². The van der Waals surface area contributed by atoms with Gasteiger partial charge in [0.05, 0.1) is 29.2 Å². The van der Waals surface area contributed by atoms with E-state index in [0.29, 0.717) is 16.4 Å². The van der Waals surface area contributed by atoms with Crippen LogP contribution in [0, 0.1) is 13.8 Å². The lowest BCUT2D eigenvalue weighted by atomic mass is 10.1. The van der Waals surface area contributed by atoms with Gasteiger partial charge in [0.25, 0.3) is 5.91 Å². The summed E-state index contributed by atoms with van der Waals surface area (Å²) in [7, 11) is 0. The van der Waals surface area contributed by atoms with Gasteiger partial charge in [0.2, 0.25) is 0 Å². The second kappa shape index (κ2) is 9.66. The molecule has 2 aromatic heterocycles. The molecular weight excluding hydrogens is 444 g/mol. The fourth-order valence-corrected chi connectivity index (χ4v) is 3.59. The maximum Gasteiger partial charge on any atom is 0.310 e. The molecule has 4 rings (SSSR count). The first kappa shape index (κ1) is 22.2. The molecule has 168 valence electrons. The van der Waals surface area contributed by atoms with Crippen LogP contribution in [0.3, 0.4) is 0 Å². The van der Waals surface area contributed by atoms with Gasteiger partial charge in [0.1, 0.15) is 12.7 Å². The minimum atomic E-state index is -0.522. The quantitative estimate of drug-likeness (QED) is 0.420. The number of carbonyl (C=O) groups is 2. The van der Waals surface area contributed by atoms with Crippen molar-refractivity contribution in [3.8, 4) is 11.4 Å². The molecular formula is C23H21ClN6O3. The zero-order chi connectivity index (χ0) is 23.4. The van der Waals surface area contributed by atoms with Crippen LogP contribution in [0.5, 0.6) is 0 Å². The second-order valence-corrected chi connectivity index (χ2v) is 7.72. The van der Waals surface area contributed by atoms with E-state index in [1.165, 1.54) is 17.3 Å². The van der Waals surface area contributed by atoms with Crippen molar-refractivity contribution in [2.75, 3.05) is 11.9 Å². The number of aryl methyl sites for hydroxylation is 1. The van der Waals surface area contributed by atoms with Crippen LogP contribution in [0.15, 0.2) is 61.2 Å². The highest BCUT2D eigenvalue weighted by atomic mass is 35.5. The van der Waals surface area contributed by atoms with E-state index >= 15 is 0 Å². The molecule has 0 radical (unpaired) electrons. The number of hydrogen-bond acceptors (Lipinski definition) is 6. The van der Waals surface area contributed by atoms with Gasteiger partial charge in [-0.05, 0) is 44.2 Å². The molecule has 0 saturated heterocycles. The Morgan fingerprint density at radius 2 is 1.91 bits per heavy atom. The molecule has 0 spiro atoms. The number of para-hydroxylation sites is 1. The van der Waals surface area contributed by atoms with Crippen LogP contribution in [-0.4, -0.2) is 43.0 Å². The third-order valence-corrected chi connectivity index (χ3v) is 5.26. The van der Waals surface area contributed by atoms with Gasteiger partial charge in [0.15, 0.2) is 6.61 Å². The monoisotopic (exact) mass is 464 g/mol. The summed E-state index contributed by atoms with van der Waals surface area (Å²) in [6, 6.07) is 14.6. The van der Waals surface area contributed by atoms with Crippen molar-refractivity contribution in [2.24, 2.45) is 0 Å². The van der Waals surface area contributed by atoms with Gasteiger partial charge in [0, 0.05) is 16.3 Å². The number of benzene rings is 2. The van der Waals surface area contributed by atoms with Crippen molar-refractivity contribution in [3.05, 3.63) is 83.2 Å². The molecule has 0 fully saturated rings. The number of amides is 1. The van der Waals surface area contributed by atoms with Crippen LogP contribution >= 0.6 is 11.6 Å². The predicted octanol–water partition coefficient (Wildman–Crippen LogP) is 3.45. The Kier molecular flexibility index (Phi) is 6.50. The first-order valence-corrected chi connectivity index (χ1v) is 10.5. The minimum absolute atomic E-state index is 0.0130. The fourth-order valence-electron chi connectivity index (χ4n) is 3.42. The summed E-state index contributed by atoms with van der Waals surface area (Å²) in [4.78, 5) is 28.8. The van der Waals surface area contributed by atoms with E-state index in [4.69, 9.17) is 16.3 Å². The molecule has 0 unspecified atom stereocenters. The van der Waals surface area contributed by atoms with Gasteiger partial charge in [-0.25, -0.2) is 14.3 Å². The topological polar surface area (TPSA) is 104 Å². The van der Waals surface area contributed by atoms with Crippen LogP contribution in [-0.2, 0) is 20.7 Å². The molecule has 0 saturated carbocycles. The Morgan fingerprint density at radius 3 is 2.64 bits per heavy atom. The molecule has 0 aliphatic rings. The number of hydrogen-bond donors (Lipinski definition) is 1. The van der Waals surface area contributed by atoms with Crippen LogP contribution in [0.2, 0.25) is 5.02 Å². The van der Waals surface area contributed by atoms with Gasteiger partial charge < -0.3 is 10.1 Å². The Bertz CT molecular complexity index is 1290. The highest BCUT2D eigenvalue weighted by Gasteiger charge is 2.18. The van der Waals surface area contributed by atoms with E-state index in [1.54, 1.807) is 22.9 Å². The van der Waals surface area contributed by atoms with Crippen LogP contribution in [0.4, 0.5) is 5.69 Å². The lowest BCUT2D eigenvalue weighted by Gasteiger charge is -2.11. The molecule has 0 bridgehead atoms. The average Bonchev–Trinajstić information content (AvgIpc) is 3.43. The van der Waals surface area contributed by atoms with E-state index in [0.717, 1.165) is 22.6 Å². The molecule has 10 heteroatoms. The van der Waals surface area contributed by atoms with E-state index < -0.39 is 18.5 Å².